The van der Waals surface area contributed by atoms with E-state index >= 15 is 0 Å². The summed E-state index contributed by atoms with van der Waals surface area (Å²) in [6.45, 7) is 4.30. The van der Waals surface area contributed by atoms with Gasteiger partial charge in [0.1, 0.15) is 24.2 Å². The number of benzene rings is 2. The van der Waals surface area contributed by atoms with Crippen molar-refractivity contribution in [2.75, 3.05) is 11.9 Å². The molecule has 1 aromatic heterocycles. The summed E-state index contributed by atoms with van der Waals surface area (Å²) in [4.78, 5) is 12.9. The van der Waals surface area contributed by atoms with E-state index in [0.717, 1.165) is 18.4 Å². The Bertz CT molecular complexity index is 1130. The third-order valence-electron chi connectivity index (χ3n) is 5.21. The smallest absolute Gasteiger partial charge is 0.338 e. The Morgan fingerprint density at radius 1 is 1.19 bits per heavy atom. The predicted molar refractivity (Wildman–Crippen MR) is 115 cm³/mol. The SMILES string of the molecule is CCCCOC(=O)C1=C(C)Nc2nnnn2C1c1ccc(OCc2ccccc2F)cc1. The van der Waals surface area contributed by atoms with Crippen molar-refractivity contribution in [3.63, 3.8) is 0 Å². The number of carbonyl (C=O) groups excluding carboxylic acids is 1. The Kier molecular flexibility index (Phi) is 6.44. The molecule has 0 amide bonds. The second-order valence-electron chi connectivity index (χ2n) is 7.45. The van der Waals surface area contributed by atoms with Gasteiger partial charge in [0.15, 0.2) is 0 Å². The molecule has 0 aliphatic carbocycles. The first-order valence-electron chi connectivity index (χ1n) is 10.5. The topological polar surface area (TPSA) is 91.2 Å². The number of allylic oxidation sites excluding steroid dienone is 1. The van der Waals surface area contributed by atoms with Gasteiger partial charge >= 0.3 is 5.97 Å². The lowest BCUT2D eigenvalue weighted by Crippen LogP contribution is -2.29. The number of nitrogens with one attached hydrogen (secondary N) is 1. The van der Waals surface area contributed by atoms with Gasteiger partial charge in [-0.05, 0) is 47.5 Å². The van der Waals surface area contributed by atoms with Crippen molar-refractivity contribution in [2.45, 2.75) is 39.3 Å². The van der Waals surface area contributed by atoms with Crippen LogP contribution in [0.4, 0.5) is 10.3 Å². The Morgan fingerprint density at radius 3 is 2.72 bits per heavy atom. The number of hydrogen-bond acceptors (Lipinski definition) is 7. The molecule has 4 rings (SSSR count). The van der Waals surface area contributed by atoms with Crippen LogP contribution in [0.2, 0.25) is 0 Å². The van der Waals surface area contributed by atoms with Gasteiger partial charge in [0.05, 0.1) is 12.2 Å². The van der Waals surface area contributed by atoms with Gasteiger partial charge in [-0.25, -0.2) is 9.18 Å². The van der Waals surface area contributed by atoms with Gasteiger partial charge < -0.3 is 14.8 Å². The van der Waals surface area contributed by atoms with E-state index in [1.54, 1.807) is 41.9 Å². The van der Waals surface area contributed by atoms with Crippen LogP contribution in [0.5, 0.6) is 5.75 Å². The van der Waals surface area contributed by atoms with Crippen LogP contribution in [-0.4, -0.2) is 32.8 Å². The number of nitrogens with zero attached hydrogens (tertiary/aromatic N) is 4. The molecule has 0 saturated carbocycles. The molecule has 0 saturated heterocycles. The Labute approximate surface area is 185 Å². The van der Waals surface area contributed by atoms with E-state index < -0.39 is 12.0 Å². The van der Waals surface area contributed by atoms with Crippen LogP contribution in [0.1, 0.15) is 43.9 Å². The van der Waals surface area contributed by atoms with E-state index in [-0.39, 0.29) is 12.4 Å². The molecular formula is C23H24FN5O3. The maximum atomic E-state index is 13.8. The van der Waals surface area contributed by atoms with Crippen molar-refractivity contribution in [1.29, 1.82) is 0 Å². The van der Waals surface area contributed by atoms with Crippen molar-refractivity contribution >= 4 is 11.9 Å². The fourth-order valence-corrected chi connectivity index (χ4v) is 3.49. The average molecular weight is 437 g/mol. The number of tetrazole rings is 1. The maximum Gasteiger partial charge on any atom is 0.338 e. The van der Waals surface area contributed by atoms with Gasteiger partial charge in [0.25, 0.3) is 0 Å². The minimum Gasteiger partial charge on any atom is -0.489 e. The highest BCUT2D eigenvalue weighted by Crippen LogP contribution is 2.35. The molecule has 2 aromatic carbocycles. The number of aromatic nitrogens is 4. The summed E-state index contributed by atoms with van der Waals surface area (Å²) in [6, 6.07) is 13.2. The van der Waals surface area contributed by atoms with Crippen molar-refractivity contribution in [2.24, 2.45) is 0 Å². The molecule has 1 N–H and O–H groups in total. The molecule has 1 unspecified atom stereocenters. The molecule has 0 radical (unpaired) electrons. The Morgan fingerprint density at radius 2 is 1.97 bits per heavy atom. The van der Waals surface area contributed by atoms with Crippen molar-refractivity contribution in [3.05, 3.63) is 76.7 Å². The molecule has 0 bridgehead atoms. The fraction of sp³-hybridized carbons (Fsp3) is 0.304. The molecule has 8 nitrogen and oxygen atoms in total. The fourth-order valence-electron chi connectivity index (χ4n) is 3.49. The molecule has 9 heteroatoms. The molecule has 0 fully saturated rings. The van der Waals surface area contributed by atoms with Crippen LogP contribution < -0.4 is 10.1 Å². The summed E-state index contributed by atoms with van der Waals surface area (Å²) in [6.07, 6.45) is 1.72. The zero-order valence-electron chi connectivity index (χ0n) is 17.9. The number of carbonyl (C=O) groups is 1. The minimum atomic E-state index is -0.545. The van der Waals surface area contributed by atoms with Crippen LogP contribution in [0.3, 0.4) is 0 Å². The molecule has 166 valence electrons. The highest BCUT2D eigenvalue weighted by atomic mass is 19.1. The lowest BCUT2D eigenvalue weighted by molar-refractivity contribution is -0.139. The summed E-state index contributed by atoms with van der Waals surface area (Å²) in [5, 5.41) is 14.8. The third kappa shape index (κ3) is 4.46. The highest BCUT2D eigenvalue weighted by Gasteiger charge is 2.34. The number of esters is 1. The summed E-state index contributed by atoms with van der Waals surface area (Å²) in [5.41, 5.74) is 2.35. The standard InChI is InChI=1S/C23H24FN5O3/c1-3-4-13-31-22(30)20-15(2)25-23-26-27-28-29(23)21(20)16-9-11-18(12-10-16)32-14-17-7-5-6-8-19(17)24/h5-12,21H,3-4,13-14H2,1-2H3,(H,25,26,28). The van der Waals surface area contributed by atoms with Gasteiger partial charge in [0, 0.05) is 11.3 Å². The van der Waals surface area contributed by atoms with Crippen LogP contribution in [-0.2, 0) is 16.1 Å². The minimum absolute atomic E-state index is 0.116. The van der Waals surface area contributed by atoms with Gasteiger partial charge in [-0.1, -0.05) is 48.8 Å². The van der Waals surface area contributed by atoms with E-state index in [2.05, 4.69) is 20.8 Å². The number of ether oxygens (including phenoxy) is 2. The van der Waals surface area contributed by atoms with Crippen molar-refractivity contribution in [1.82, 2.24) is 20.2 Å². The number of unbranched alkanes of at least 4 members (excludes halogenated alkanes) is 1. The van der Waals surface area contributed by atoms with Crippen LogP contribution >= 0.6 is 0 Å². The summed E-state index contributed by atoms with van der Waals surface area (Å²) < 4.78 is 26.6. The molecule has 1 aliphatic heterocycles. The van der Waals surface area contributed by atoms with E-state index in [0.29, 0.717) is 35.1 Å². The monoisotopic (exact) mass is 437 g/mol. The maximum absolute atomic E-state index is 13.8. The molecule has 3 aromatic rings. The zero-order chi connectivity index (χ0) is 22.5. The van der Waals surface area contributed by atoms with Gasteiger partial charge in [0.2, 0.25) is 5.95 Å². The summed E-state index contributed by atoms with van der Waals surface area (Å²) in [7, 11) is 0. The number of anilines is 1. The van der Waals surface area contributed by atoms with E-state index in [1.807, 2.05) is 19.1 Å². The van der Waals surface area contributed by atoms with E-state index in [1.165, 1.54) is 6.07 Å². The number of halogens is 1. The molecule has 1 aliphatic rings. The molecule has 1 atom stereocenters. The molecule has 2 heterocycles. The molecule has 0 spiro atoms. The Hall–Kier alpha value is -3.75. The lowest BCUT2D eigenvalue weighted by Gasteiger charge is -2.27. The average Bonchev–Trinajstić information content (AvgIpc) is 3.26. The first-order chi connectivity index (χ1) is 15.6. The second-order valence-corrected chi connectivity index (χ2v) is 7.45. The van der Waals surface area contributed by atoms with Gasteiger partial charge in [-0.2, -0.15) is 4.68 Å². The number of fused-ring (bicyclic) bond motifs is 1. The number of hydrogen-bond donors (Lipinski definition) is 1. The molecule has 32 heavy (non-hydrogen) atoms. The zero-order valence-corrected chi connectivity index (χ0v) is 17.9. The first-order valence-corrected chi connectivity index (χ1v) is 10.5. The third-order valence-corrected chi connectivity index (χ3v) is 5.21. The van der Waals surface area contributed by atoms with E-state index in [4.69, 9.17) is 9.47 Å². The quantitative estimate of drug-likeness (QED) is 0.420. The van der Waals surface area contributed by atoms with E-state index in [9.17, 15) is 9.18 Å². The molecular weight excluding hydrogens is 413 g/mol. The van der Waals surface area contributed by atoms with Crippen molar-refractivity contribution < 1.29 is 18.7 Å². The first kappa shape index (κ1) is 21.5. The largest absolute Gasteiger partial charge is 0.489 e. The summed E-state index contributed by atoms with van der Waals surface area (Å²) >= 11 is 0. The highest BCUT2D eigenvalue weighted by molar-refractivity contribution is 5.92. The van der Waals surface area contributed by atoms with Crippen LogP contribution in [0.25, 0.3) is 0 Å². The second kappa shape index (κ2) is 9.59. The van der Waals surface area contributed by atoms with Crippen molar-refractivity contribution in [3.8, 4) is 5.75 Å². The Balaban J connectivity index is 1.57. The summed E-state index contributed by atoms with van der Waals surface area (Å²) in [5.74, 6) is 0.305. The normalized spacial score (nSPS) is 15.2. The predicted octanol–water partition coefficient (Wildman–Crippen LogP) is 4.02. The van der Waals surface area contributed by atoms with Gasteiger partial charge in [-0.3, -0.25) is 0 Å². The van der Waals surface area contributed by atoms with Gasteiger partial charge in [-0.15, -0.1) is 0 Å². The lowest BCUT2D eigenvalue weighted by atomic mass is 9.96. The van der Waals surface area contributed by atoms with Crippen LogP contribution in [0.15, 0.2) is 59.8 Å². The number of rotatable bonds is 8. The van der Waals surface area contributed by atoms with Crippen LogP contribution in [0, 0.1) is 5.82 Å².